The molecule has 5 N–H and O–H groups in total. The summed E-state index contributed by atoms with van der Waals surface area (Å²) in [7, 11) is -4.60. The van der Waals surface area contributed by atoms with Crippen molar-refractivity contribution in [1.82, 2.24) is 0 Å². The smallest absolute Gasteiger partial charge is 0.296 e. The Bertz CT molecular complexity index is 799. The number of phenols is 1. The van der Waals surface area contributed by atoms with Gasteiger partial charge in [0.15, 0.2) is 5.75 Å². The quantitative estimate of drug-likeness (QED) is 0.380. The average molecular weight is 281 g/mol. The molecule has 0 bridgehead atoms. The number of aromatic hydroxyl groups is 1. The van der Waals surface area contributed by atoms with E-state index in [1.54, 1.807) is 19.1 Å². The van der Waals surface area contributed by atoms with Crippen molar-refractivity contribution in [1.29, 1.82) is 5.53 Å². The van der Waals surface area contributed by atoms with Crippen LogP contribution in [-0.4, -0.2) is 18.1 Å². The van der Waals surface area contributed by atoms with Crippen LogP contribution in [0.5, 0.6) is 5.75 Å². The highest BCUT2D eigenvalue weighted by atomic mass is 32.2. The standard InChI is InChI=1S/C11H11N3O4S/c1-5-2-6-4-8(19(16,17)18)10(14-13)11(15)9(6)7(12)3-5/h2-4,13,15H,12H2,1H3,(H,16,17,18). The van der Waals surface area contributed by atoms with Crippen LogP contribution in [0.3, 0.4) is 0 Å². The number of rotatable bonds is 2. The third kappa shape index (κ3) is 2.11. The van der Waals surface area contributed by atoms with E-state index >= 15 is 0 Å². The molecule has 0 saturated heterocycles. The van der Waals surface area contributed by atoms with Crippen LogP contribution in [0.1, 0.15) is 5.56 Å². The van der Waals surface area contributed by atoms with Crippen LogP contribution < -0.4 is 5.73 Å². The number of hydrogen-bond donors (Lipinski definition) is 4. The number of phenolic OH excluding ortho intramolecular Hbond substituents is 1. The highest BCUT2D eigenvalue weighted by molar-refractivity contribution is 7.86. The highest BCUT2D eigenvalue weighted by Crippen LogP contribution is 2.42. The Balaban J connectivity index is 3.07. The molecule has 0 unspecified atom stereocenters. The Morgan fingerprint density at radius 3 is 2.47 bits per heavy atom. The second kappa shape index (κ2) is 4.18. The molecule has 0 aliphatic carbocycles. The maximum absolute atomic E-state index is 11.2. The molecular weight excluding hydrogens is 270 g/mol. The molecule has 0 aliphatic rings. The zero-order valence-corrected chi connectivity index (χ0v) is 10.7. The van der Waals surface area contributed by atoms with Gasteiger partial charge in [0.1, 0.15) is 10.6 Å². The van der Waals surface area contributed by atoms with Crippen molar-refractivity contribution in [2.24, 2.45) is 5.11 Å². The molecule has 2 aromatic carbocycles. The molecule has 0 heterocycles. The first kappa shape index (κ1) is 13.2. The number of nitrogens with zero attached hydrogens (tertiary/aromatic N) is 1. The number of nitrogens with one attached hydrogen (secondary N) is 1. The van der Waals surface area contributed by atoms with Crippen molar-refractivity contribution in [3.8, 4) is 5.75 Å². The molecule has 0 atom stereocenters. The summed E-state index contributed by atoms with van der Waals surface area (Å²) in [6, 6.07) is 4.33. The maximum Gasteiger partial charge on any atom is 0.296 e. The normalized spacial score (nSPS) is 11.7. The van der Waals surface area contributed by atoms with Gasteiger partial charge in [-0.2, -0.15) is 13.5 Å². The van der Waals surface area contributed by atoms with E-state index in [1.807, 2.05) is 0 Å². The van der Waals surface area contributed by atoms with E-state index in [0.717, 1.165) is 11.6 Å². The van der Waals surface area contributed by atoms with Crippen LogP contribution >= 0.6 is 0 Å². The van der Waals surface area contributed by atoms with Gasteiger partial charge in [0, 0.05) is 11.1 Å². The molecule has 19 heavy (non-hydrogen) atoms. The third-order valence-electron chi connectivity index (χ3n) is 2.71. The number of aryl methyl sites for hydroxylation is 1. The van der Waals surface area contributed by atoms with Gasteiger partial charge in [0.2, 0.25) is 0 Å². The monoisotopic (exact) mass is 281 g/mol. The first-order valence-electron chi connectivity index (χ1n) is 5.16. The van der Waals surface area contributed by atoms with E-state index < -0.39 is 26.5 Å². The second-order valence-electron chi connectivity index (χ2n) is 4.11. The molecule has 7 nitrogen and oxygen atoms in total. The van der Waals surface area contributed by atoms with E-state index in [2.05, 4.69) is 5.11 Å². The van der Waals surface area contributed by atoms with Crippen molar-refractivity contribution in [2.45, 2.75) is 11.8 Å². The van der Waals surface area contributed by atoms with Crippen molar-refractivity contribution >= 4 is 32.3 Å². The van der Waals surface area contributed by atoms with Gasteiger partial charge in [-0.15, -0.1) is 0 Å². The van der Waals surface area contributed by atoms with E-state index in [0.29, 0.717) is 5.39 Å². The summed E-state index contributed by atoms with van der Waals surface area (Å²) in [5, 5.41) is 13.5. The van der Waals surface area contributed by atoms with Crippen molar-refractivity contribution in [3.63, 3.8) is 0 Å². The van der Waals surface area contributed by atoms with Crippen LogP contribution in [0, 0.1) is 12.5 Å². The summed E-state index contributed by atoms with van der Waals surface area (Å²) >= 11 is 0. The van der Waals surface area contributed by atoms with E-state index in [4.69, 9.17) is 15.8 Å². The minimum atomic E-state index is -4.60. The molecule has 0 radical (unpaired) electrons. The second-order valence-corrected chi connectivity index (χ2v) is 5.50. The van der Waals surface area contributed by atoms with Gasteiger partial charge < -0.3 is 10.8 Å². The third-order valence-corrected chi connectivity index (χ3v) is 3.58. The molecule has 8 heteroatoms. The number of fused-ring (bicyclic) bond motifs is 1. The van der Waals surface area contributed by atoms with Crippen LogP contribution in [0.4, 0.5) is 11.4 Å². The summed E-state index contributed by atoms with van der Waals surface area (Å²) < 4.78 is 31.6. The molecule has 0 saturated carbocycles. The van der Waals surface area contributed by atoms with Crippen LogP contribution in [0.2, 0.25) is 0 Å². The zero-order chi connectivity index (χ0) is 14.4. The molecule has 100 valence electrons. The van der Waals surface area contributed by atoms with Gasteiger partial charge in [-0.05, 0) is 30.0 Å². The lowest BCUT2D eigenvalue weighted by atomic mass is 10.0. The molecule has 0 fully saturated rings. The zero-order valence-electron chi connectivity index (χ0n) is 9.88. The van der Waals surface area contributed by atoms with E-state index in [9.17, 15) is 13.5 Å². The summed E-state index contributed by atoms with van der Waals surface area (Å²) in [6.45, 7) is 1.75. The lowest BCUT2D eigenvalue weighted by Gasteiger charge is -2.11. The predicted octanol–water partition coefficient (Wildman–Crippen LogP) is 2.35. The van der Waals surface area contributed by atoms with Crippen LogP contribution in [-0.2, 0) is 10.1 Å². The minimum absolute atomic E-state index is 0.198. The lowest BCUT2D eigenvalue weighted by molar-refractivity contribution is 0.472. The Labute approximate surface area is 108 Å². The number of nitrogens with two attached hydrogens (primary N) is 1. The Morgan fingerprint density at radius 1 is 1.32 bits per heavy atom. The summed E-state index contributed by atoms with van der Waals surface area (Å²) in [5.74, 6) is -0.544. The highest BCUT2D eigenvalue weighted by Gasteiger charge is 2.22. The topological polar surface area (TPSA) is 137 Å². The fourth-order valence-electron chi connectivity index (χ4n) is 1.98. The molecule has 0 aliphatic heterocycles. The van der Waals surface area contributed by atoms with Crippen molar-refractivity contribution in [2.75, 3.05) is 5.73 Å². The number of hydrogen-bond acceptors (Lipinski definition) is 6. The molecule has 0 amide bonds. The number of nitrogen functional groups attached to an aromatic ring is 1. The van der Waals surface area contributed by atoms with Gasteiger partial charge in [-0.1, -0.05) is 6.07 Å². The first-order valence-corrected chi connectivity index (χ1v) is 6.60. The van der Waals surface area contributed by atoms with E-state index in [1.165, 1.54) is 0 Å². The predicted molar refractivity (Wildman–Crippen MR) is 69.4 cm³/mol. The van der Waals surface area contributed by atoms with Gasteiger partial charge in [0.05, 0.1) is 0 Å². The summed E-state index contributed by atoms with van der Waals surface area (Å²) in [5.41, 5.74) is 13.2. The Hall–Kier alpha value is -2.19. The average Bonchev–Trinajstić information content (AvgIpc) is 2.26. The van der Waals surface area contributed by atoms with Crippen molar-refractivity contribution in [3.05, 3.63) is 23.8 Å². The summed E-state index contributed by atoms with van der Waals surface area (Å²) in [6.07, 6.45) is 0. The van der Waals surface area contributed by atoms with Gasteiger partial charge >= 0.3 is 0 Å². The molecular formula is C11H11N3O4S. The van der Waals surface area contributed by atoms with Crippen LogP contribution in [0.25, 0.3) is 10.8 Å². The maximum atomic E-state index is 11.2. The van der Waals surface area contributed by atoms with Gasteiger partial charge in [-0.3, -0.25) is 4.55 Å². The fourth-order valence-corrected chi connectivity index (χ4v) is 2.64. The molecule has 2 rings (SSSR count). The minimum Gasteiger partial charge on any atom is -0.505 e. The Morgan fingerprint density at radius 2 is 1.95 bits per heavy atom. The fraction of sp³-hybridized carbons (Fsp3) is 0.0909. The number of benzene rings is 2. The lowest BCUT2D eigenvalue weighted by Crippen LogP contribution is -2.00. The first-order chi connectivity index (χ1) is 8.75. The SMILES string of the molecule is Cc1cc(N)c2c(O)c(N=N)c(S(=O)(=O)O)cc2c1. The van der Waals surface area contributed by atoms with Gasteiger partial charge in [-0.25, -0.2) is 5.53 Å². The molecule has 0 spiro atoms. The molecule has 0 aromatic heterocycles. The number of anilines is 1. The Kier molecular flexibility index (Phi) is 2.91. The van der Waals surface area contributed by atoms with Crippen molar-refractivity contribution < 1.29 is 18.1 Å². The largest absolute Gasteiger partial charge is 0.505 e. The van der Waals surface area contributed by atoms with Gasteiger partial charge in [0.25, 0.3) is 10.1 Å². The van der Waals surface area contributed by atoms with Crippen LogP contribution in [0.15, 0.2) is 28.2 Å². The summed E-state index contributed by atoms with van der Waals surface area (Å²) in [4.78, 5) is -0.627. The molecule has 2 aromatic rings. The van der Waals surface area contributed by atoms with E-state index in [-0.39, 0.29) is 11.1 Å².